The minimum absolute atomic E-state index is 0.125. The summed E-state index contributed by atoms with van der Waals surface area (Å²) in [5, 5.41) is 34.5. The van der Waals surface area contributed by atoms with Crippen molar-refractivity contribution in [2.75, 3.05) is 34.9 Å². The third kappa shape index (κ3) is 10.0. The van der Waals surface area contributed by atoms with Crippen LogP contribution in [0.3, 0.4) is 0 Å². The van der Waals surface area contributed by atoms with E-state index in [-0.39, 0.29) is 31.1 Å². The Morgan fingerprint density at radius 2 is 1.60 bits per heavy atom. The van der Waals surface area contributed by atoms with Gasteiger partial charge in [0.1, 0.15) is 30.0 Å². The third-order valence-electron chi connectivity index (χ3n) is 11.9. The van der Waals surface area contributed by atoms with Crippen LogP contribution in [0.1, 0.15) is 94.9 Å². The fourth-order valence-corrected chi connectivity index (χ4v) is 8.63. The average Bonchev–Trinajstić information content (AvgIpc) is 3.06. The zero-order valence-electron chi connectivity index (χ0n) is 34.2. The van der Waals surface area contributed by atoms with Crippen molar-refractivity contribution >= 4 is 5.97 Å². The Balaban J connectivity index is 2.19. The zero-order chi connectivity index (χ0) is 39.5. The summed E-state index contributed by atoms with van der Waals surface area (Å²) in [4.78, 5) is 16.2. The second kappa shape index (κ2) is 18.3. The van der Waals surface area contributed by atoms with E-state index in [1.807, 2.05) is 53.6 Å². The number of esters is 1. The molecule has 0 amide bonds. The molecule has 3 aliphatic heterocycles. The van der Waals surface area contributed by atoms with Crippen molar-refractivity contribution in [2.24, 2.45) is 23.5 Å². The second-order valence-electron chi connectivity index (χ2n) is 16.8. The second-order valence-corrected chi connectivity index (χ2v) is 16.8. The van der Waals surface area contributed by atoms with Gasteiger partial charge in [0.25, 0.3) is 0 Å². The first-order valence-corrected chi connectivity index (χ1v) is 19.1. The highest BCUT2D eigenvalue weighted by Gasteiger charge is 2.53. The van der Waals surface area contributed by atoms with Crippen LogP contribution >= 0.6 is 0 Å². The highest BCUT2D eigenvalue weighted by atomic mass is 16.7. The largest absolute Gasteiger partial charge is 0.459 e. The third-order valence-corrected chi connectivity index (χ3v) is 11.9. The number of aliphatic hydroxyl groups excluding tert-OH is 2. The molecule has 14 nitrogen and oxygen atoms in total. The summed E-state index contributed by atoms with van der Waals surface area (Å²) >= 11 is 0. The highest BCUT2D eigenvalue weighted by Crippen LogP contribution is 2.41. The van der Waals surface area contributed by atoms with E-state index in [9.17, 15) is 20.1 Å². The molecule has 0 saturated carbocycles. The van der Waals surface area contributed by atoms with Crippen molar-refractivity contribution in [2.45, 2.75) is 185 Å². The van der Waals surface area contributed by atoms with Gasteiger partial charge in [-0.05, 0) is 87.7 Å². The SMILES string of the molecule is CC[C@H]1OC(=O)[C@H](C)C(OC2CC(C)(OC)C(O)[C@H](C)O2)[C@H](C)C(OC2O[C@H](C)CC(N(C)C)C2O)C(C)(OC)C[C@@H](C)COC([C@@H](C)N)[C@]1(C)O. The quantitative estimate of drug-likeness (QED) is 0.253. The van der Waals surface area contributed by atoms with E-state index < -0.39 is 96.0 Å². The lowest BCUT2D eigenvalue weighted by molar-refractivity contribution is -0.319. The van der Waals surface area contributed by atoms with E-state index in [0.29, 0.717) is 19.3 Å². The molecule has 18 atom stereocenters. The zero-order valence-corrected chi connectivity index (χ0v) is 34.2. The Morgan fingerprint density at radius 1 is 0.981 bits per heavy atom. The molecule has 0 bridgehead atoms. The van der Waals surface area contributed by atoms with Crippen molar-refractivity contribution in [1.29, 1.82) is 0 Å². The van der Waals surface area contributed by atoms with Crippen LogP contribution in [-0.2, 0) is 42.7 Å². The Hall–Kier alpha value is -1.01. The molecule has 3 saturated heterocycles. The average molecular weight is 749 g/mol. The van der Waals surface area contributed by atoms with E-state index in [1.165, 1.54) is 7.11 Å². The van der Waals surface area contributed by atoms with Crippen molar-refractivity contribution < 1.29 is 58.0 Å². The molecule has 5 N–H and O–H groups in total. The maximum absolute atomic E-state index is 14.3. The molecule has 0 aliphatic carbocycles. The molecule has 14 heteroatoms. The molecule has 3 heterocycles. The Kier molecular flexibility index (Phi) is 16.0. The monoisotopic (exact) mass is 749 g/mol. The van der Waals surface area contributed by atoms with Crippen LogP contribution in [0.25, 0.3) is 0 Å². The number of rotatable bonds is 9. The van der Waals surface area contributed by atoms with Crippen LogP contribution in [0, 0.1) is 17.8 Å². The van der Waals surface area contributed by atoms with Gasteiger partial charge in [-0.3, -0.25) is 4.79 Å². The van der Waals surface area contributed by atoms with E-state index in [0.717, 1.165) is 0 Å². The summed E-state index contributed by atoms with van der Waals surface area (Å²) in [6.45, 7) is 18.5. The number of hydrogen-bond donors (Lipinski definition) is 4. The maximum Gasteiger partial charge on any atom is 0.311 e. The number of cyclic esters (lactones) is 1. The number of methoxy groups -OCH3 is 2. The Labute approximate surface area is 312 Å². The molecule has 3 rings (SSSR count). The molecule has 3 aliphatic rings. The first-order valence-electron chi connectivity index (χ1n) is 19.1. The standard InChI is InChI=1S/C38H72N2O12/c1-15-27-38(10,44)33(24(6)39)47-19-20(2)17-37(9,46-14)32(52-35-29(41)26(40(11)12)16-21(3)48-35)22(4)30(23(5)34(43)50-27)51-28-18-36(8,45-13)31(42)25(7)49-28/h20-33,35,41-42,44H,15-19,39H2,1-14H3/t20-,21-,22+,23-,24-,25+,26?,27-,28?,29?,30?,31?,32?,33?,35?,36?,37?,38-/m1/s1. The minimum atomic E-state index is -1.62. The van der Waals surface area contributed by atoms with Crippen LogP contribution in [0.2, 0.25) is 0 Å². The van der Waals surface area contributed by atoms with Gasteiger partial charge in [0.2, 0.25) is 0 Å². The van der Waals surface area contributed by atoms with Crippen molar-refractivity contribution in [3.05, 3.63) is 0 Å². The van der Waals surface area contributed by atoms with Gasteiger partial charge in [0, 0.05) is 45.2 Å². The van der Waals surface area contributed by atoms with Crippen molar-refractivity contribution in [3.8, 4) is 0 Å². The number of hydrogen-bond acceptors (Lipinski definition) is 14. The van der Waals surface area contributed by atoms with Crippen LogP contribution < -0.4 is 5.73 Å². The smallest absolute Gasteiger partial charge is 0.311 e. The molecular weight excluding hydrogens is 676 g/mol. The van der Waals surface area contributed by atoms with Gasteiger partial charge in [-0.15, -0.1) is 0 Å². The lowest BCUT2D eigenvalue weighted by atomic mass is 9.77. The number of aliphatic hydroxyl groups is 3. The molecule has 0 spiro atoms. The molecule has 306 valence electrons. The van der Waals surface area contributed by atoms with Crippen LogP contribution in [0.4, 0.5) is 0 Å². The van der Waals surface area contributed by atoms with Gasteiger partial charge in [-0.2, -0.15) is 0 Å². The summed E-state index contributed by atoms with van der Waals surface area (Å²) in [6, 6.07) is -0.817. The van der Waals surface area contributed by atoms with E-state index in [1.54, 1.807) is 41.7 Å². The summed E-state index contributed by atoms with van der Waals surface area (Å²) in [6.07, 6.45) is -6.66. The van der Waals surface area contributed by atoms with Gasteiger partial charge in [0.05, 0.1) is 41.5 Å². The topological polar surface area (TPSA) is 181 Å². The Morgan fingerprint density at radius 3 is 2.13 bits per heavy atom. The summed E-state index contributed by atoms with van der Waals surface area (Å²) in [5.74, 6) is -2.26. The summed E-state index contributed by atoms with van der Waals surface area (Å²) < 4.78 is 50.8. The predicted octanol–water partition coefficient (Wildman–Crippen LogP) is 2.61. The molecular formula is C38H72N2O12. The number of carbonyl (C=O) groups excluding carboxylic acids is 1. The number of ether oxygens (including phenoxy) is 8. The van der Waals surface area contributed by atoms with E-state index in [4.69, 9.17) is 43.6 Å². The molecule has 0 aromatic heterocycles. The Bertz CT molecular complexity index is 1130. The van der Waals surface area contributed by atoms with Gasteiger partial charge in [-0.1, -0.05) is 20.8 Å². The maximum atomic E-state index is 14.3. The molecule has 0 aromatic rings. The van der Waals surface area contributed by atoms with Crippen LogP contribution in [0.15, 0.2) is 0 Å². The van der Waals surface area contributed by atoms with E-state index >= 15 is 0 Å². The van der Waals surface area contributed by atoms with Crippen LogP contribution in [0.5, 0.6) is 0 Å². The van der Waals surface area contributed by atoms with Gasteiger partial charge >= 0.3 is 5.97 Å². The summed E-state index contributed by atoms with van der Waals surface area (Å²) in [7, 11) is 6.97. The first-order chi connectivity index (χ1) is 24.1. The molecule has 3 fully saturated rings. The van der Waals surface area contributed by atoms with Gasteiger partial charge in [-0.25, -0.2) is 0 Å². The minimum Gasteiger partial charge on any atom is -0.459 e. The number of likely N-dealkylation sites (N-methyl/N-ethyl adjacent to an activating group) is 1. The number of nitrogens with two attached hydrogens (primary N) is 1. The van der Waals surface area contributed by atoms with Crippen molar-refractivity contribution in [1.82, 2.24) is 4.90 Å². The fraction of sp³-hybridized carbons (Fsp3) is 0.974. The molecule has 0 aromatic carbocycles. The van der Waals surface area contributed by atoms with Gasteiger partial charge < -0.3 is 63.8 Å². The fourth-order valence-electron chi connectivity index (χ4n) is 8.63. The molecule has 52 heavy (non-hydrogen) atoms. The van der Waals surface area contributed by atoms with Crippen molar-refractivity contribution in [3.63, 3.8) is 0 Å². The summed E-state index contributed by atoms with van der Waals surface area (Å²) in [5.41, 5.74) is 2.75. The molecule has 10 unspecified atom stereocenters. The van der Waals surface area contributed by atoms with E-state index in [2.05, 4.69) is 0 Å². The predicted molar refractivity (Wildman–Crippen MR) is 194 cm³/mol. The first kappa shape index (κ1) is 45.4. The molecule has 0 radical (unpaired) electrons. The van der Waals surface area contributed by atoms with Crippen LogP contribution in [-0.4, -0.2) is 151 Å². The highest BCUT2D eigenvalue weighted by molar-refractivity contribution is 5.73. The number of nitrogens with zero attached hydrogens (tertiary/aromatic N) is 1. The lowest BCUT2D eigenvalue weighted by Crippen LogP contribution is -2.61. The number of carbonyl (C=O) groups is 1. The normalized spacial score (nSPS) is 48.2. The van der Waals surface area contributed by atoms with Gasteiger partial charge in [0.15, 0.2) is 12.6 Å². The lowest BCUT2D eigenvalue weighted by Gasteiger charge is -2.50.